The van der Waals surface area contributed by atoms with Crippen LogP contribution in [-0.2, 0) is 6.42 Å². The van der Waals surface area contributed by atoms with Crippen LogP contribution < -0.4 is 10.1 Å². The van der Waals surface area contributed by atoms with Crippen LogP contribution in [0, 0.1) is 12.8 Å². The van der Waals surface area contributed by atoms with Gasteiger partial charge in [0.15, 0.2) is 5.69 Å². The third kappa shape index (κ3) is 3.04. The minimum Gasteiger partial charge on any atom is -0.493 e. The van der Waals surface area contributed by atoms with Crippen LogP contribution in [0.1, 0.15) is 28.2 Å². The van der Waals surface area contributed by atoms with E-state index in [0.29, 0.717) is 30.5 Å². The van der Waals surface area contributed by atoms with Crippen LogP contribution in [0.3, 0.4) is 0 Å². The Hall–Kier alpha value is -2.37. The second-order valence-corrected chi connectivity index (χ2v) is 5.28. The molecule has 6 heteroatoms. The highest BCUT2D eigenvalue weighted by atomic mass is 16.5. The average molecular weight is 286 g/mol. The Kier molecular flexibility index (Phi) is 3.85. The zero-order chi connectivity index (χ0) is 14.7. The SMILES string of the molecule is Cc1n[nH]nc1C(=O)NC[C@@H]1CCOc2ccccc2C1. The summed E-state index contributed by atoms with van der Waals surface area (Å²) in [5, 5.41) is 13.1. The quantitative estimate of drug-likeness (QED) is 0.895. The third-order valence-electron chi connectivity index (χ3n) is 3.75. The fourth-order valence-electron chi connectivity index (χ4n) is 2.56. The van der Waals surface area contributed by atoms with E-state index in [2.05, 4.69) is 26.8 Å². The zero-order valence-electron chi connectivity index (χ0n) is 11.9. The summed E-state index contributed by atoms with van der Waals surface area (Å²) in [6, 6.07) is 8.07. The number of hydrogen-bond acceptors (Lipinski definition) is 4. The van der Waals surface area contributed by atoms with Crippen LogP contribution in [0.15, 0.2) is 24.3 Å². The van der Waals surface area contributed by atoms with Crippen LogP contribution in [-0.4, -0.2) is 34.5 Å². The number of ether oxygens (including phenoxy) is 1. The Labute approximate surface area is 122 Å². The van der Waals surface area contributed by atoms with E-state index in [4.69, 9.17) is 4.74 Å². The van der Waals surface area contributed by atoms with Gasteiger partial charge in [-0.1, -0.05) is 18.2 Å². The number of amides is 1. The standard InChI is InChI=1S/C15H18N4O2/c1-10-14(18-19-17-10)15(20)16-9-11-6-7-21-13-5-3-2-4-12(13)8-11/h2-5,11H,6-9H2,1H3,(H,16,20)(H,17,18,19)/t11-/m1/s1. The topological polar surface area (TPSA) is 79.9 Å². The van der Waals surface area contributed by atoms with E-state index in [1.807, 2.05) is 18.2 Å². The number of aryl methyl sites for hydroxylation is 1. The van der Waals surface area contributed by atoms with Gasteiger partial charge in [0.25, 0.3) is 5.91 Å². The van der Waals surface area contributed by atoms with Gasteiger partial charge in [-0.05, 0) is 37.3 Å². The molecule has 1 atom stereocenters. The highest BCUT2D eigenvalue weighted by Crippen LogP contribution is 2.26. The van der Waals surface area contributed by atoms with Crippen molar-refractivity contribution in [1.82, 2.24) is 20.7 Å². The second-order valence-electron chi connectivity index (χ2n) is 5.28. The molecule has 1 aliphatic rings. The van der Waals surface area contributed by atoms with Gasteiger partial charge in [0.2, 0.25) is 0 Å². The first kappa shape index (κ1) is 13.6. The lowest BCUT2D eigenvalue weighted by Gasteiger charge is -2.14. The predicted octanol–water partition coefficient (Wildman–Crippen LogP) is 1.48. The summed E-state index contributed by atoms with van der Waals surface area (Å²) >= 11 is 0. The molecule has 0 unspecified atom stereocenters. The molecule has 0 spiro atoms. The highest BCUT2D eigenvalue weighted by molar-refractivity contribution is 5.93. The molecule has 1 aromatic heterocycles. The molecule has 0 fully saturated rings. The summed E-state index contributed by atoms with van der Waals surface area (Å²) in [4.78, 5) is 12.0. The van der Waals surface area contributed by atoms with Crippen molar-refractivity contribution in [2.75, 3.05) is 13.2 Å². The van der Waals surface area contributed by atoms with E-state index in [9.17, 15) is 4.79 Å². The number of aromatic amines is 1. The van der Waals surface area contributed by atoms with Gasteiger partial charge in [0.1, 0.15) is 5.75 Å². The number of nitrogens with zero attached hydrogens (tertiary/aromatic N) is 2. The maximum atomic E-state index is 12.0. The van der Waals surface area contributed by atoms with Gasteiger partial charge in [-0.15, -0.1) is 0 Å². The number of benzene rings is 1. The smallest absolute Gasteiger partial charge is 0.273 e. The van der Waals surface area contributed by atoms with E-state index in [-0.39, 0.29) is 5.91 Å². The molecular formula is C15H18N4O2. The largest absolute Gasteiger partial charge is 0.493 e. The van der Waals surface area contributed by atoms with Crippen LogP contribution in [0.25, 0.3) is 0 Å². The van der Waals surface area contributed by atoms with Gasteiger partial charge < -0.3 is 10.1 Å². The molecule has 0 aliphatic carbocycles. The van der Waals surface area contributed by atoms with Crippen molar-refractivity contribution in [2.45, 2.75) is 19.8 Å². The normalized spacial score (nSPS) is 17.5. The Balaban J connectivity index is 1.61. The van der Waals surface area contributed by atoms with E-state index in [0.717, 1.165) is 18.6 Å². The van der Waals surface area contributed by atoms with E-state index >= 15 is 0 Å². The number of hydrogen-bond donors (Lipinski definition) is 2. The van der Waals surface area contributed by atoms with Gasteiger partial charge in [-0.2, -0.15) is 15.4 Å². The average Bonchev–Trinajstić information content (AvgIpc) is 2.81. The summed E-state index contributed by atoms with van der Waals surface area (Å²) in [6.07, 6.45) is 1.83. The summed E-state index contributed by atoms with van der Waals surface area (Å²) < 4.78 is 5.74. The highest BCUT2D eigenvalue weighted by Gasteiger charge is 2.19. The van der Waals surface area contributed by atoms with Crippen molar-refractivity contribution < 1.29 is 9.53 Å². The minimum atomic E-state index is -0.181. The molecule has 0 saturated carbocycles. The monoisotopic (exact) mass is 286 g/mol. The van der Waals surface area contributed by atoms with Gasteiger partial charge in [0.05, 0.1) is 12.3 Å². The lowest BCUT2D eigenvalue weighted by molar-refractivity contribution is 0.0939. The van der Waals surface area contributed by atoms with E-state index < -0.39 is 0 Å². The Bertz CT molecular complexity index is 638. The van der Waals surface area contributed by atoms with Crippen LogP contribution >= 0.6 is 0 Å². The first-order valence-electron chi connectivity index (χ1n) is 7.10. The van der Waals surface area contributed by atoms with Gasteiger partial charge in [0, 0.05) is 6.54 Å². The number of carbonyl (C=O) groups excluding carboxylic acids is 1. The van der Waals surface area contributed by atoms with Gasteiger partial charge >= 0.3 is 0 Å². The maximum Gasteiger partial charge on any atom is 0.273 e. The zero-order valence-corrected chi connectivity index (χ0v) is 11.9. The molecule has 2 N–H and O–H groups in total. The Morgan fingerprint density at radius 3 is 3.10 bits per heavy atom. The fraction of sp³-hybridized carbons (Fsp3) is 0.400. The van der Waals surface area contributed by atoms with Crippen LogP contribution in [0.4, 0.5) is 0 Å². The second kappa shape index (κ2) is 5.95. The first-order valence-corrected chi connectivity index (χ1v) is 7.10. The van der Waals surface area contributed by atoms with Crippen molar-refractivity contribution in [3.63, 3.8) is 0 Å². The molecule has 6 nitrogen and oxygen atoms in total. The fourth-order valence-corrected chi connectivity index (χ4v) is 2.56. The van der Waals surface area contributed by atoms with Gasteiger partial charge in [-0.25, -0.2) is 0 Å². The molecule has 21 heavy (non-hydrogen) atoms. The minimum absolute atomic E-state index is 0.181. The summed E-state index contributed by atoms with van der Waals surface area (Å²) in [6.45, 7) is 3.05. The molecular weight excluding hydrogens is 268 g/mol. The lowest BCUT2D eigenvalue weighted by Crippen LogP contribution is -2.31. The number of rotatable bonds is 3. The number of carbonyl (C=O) groups is 1. The predicted molar refractivity (Wildman–Crippen MR) is 77.2 cm³/mol. The molecule has 0 saturated heterocycles. The summed E-state index contributed by atoms with van der Waals surface area (Å²) in [5.74, 6) is 1.14. The molecule has 1 aliphatic heterocycles. The van der Waals surface area contributed by atoms with Crippen molar-refractivity contribution in [3.05, 3.63) is 41.2 Å². The molecule has 2 aromatic rings. The maximum absolute atomic E-state index is 12.0. The van der Waals surface area contributed by atoms with Crippen molar-refractivity contribution in [2.24, 2.45) is 5.92 Å². The van der Waals surface area contributed by atoms with Crippen LogP contribution in [0.5, 0.6) is 5.75 Å². The number of H-pyrrole nitrogens is 1. The van der Waals surface area contributed by atoms with E-state index in [1.54, 1.807) is 6.92 Å². The Morgan fingerprint density at radius 1 is 1.43 bits per heavy atom. The molecule has 0 bridgehead atoms. The van der Waals surface area contributed by atoms with Crippen molar-refractivity contribution >= 4 is 5.91 Å². The lowest BCUT2D eigenvalue weighted by atomic mass is 9.97. The number of para-hydroxylation sites is 1. The molecule has 3 rings (SSSR count). The Morgan fingerprint density at radius 2 is 2.29 bits per heavy atom. The molecule has 1 amide bonds. The van der Waals surface area contributed by atoms with Crippen molar-refractivity contribution in [3.8, 4) is 5.75 Å². The van der Waals surface area contributed by atoms with Crippen molar-refractivity contribution in [1.29, 1.82) is 0 Å². The van der Waals surface area contributed by atoms with Crippen LogP contribution in [0.2, 0.25) is 0 Å². The summed E-state index contributed by atoms with van der Waals surface area (Å²) in [7, 11) is 0. The molecule has 1 aromatic carbocycles. The molecule has 2 heterocycles. The number of nitrogens with one attached hydrogen (secondary N) is 2. The molecule has 110 valence electrons. The third-order valence-corrected chi connectivity index (χ3v) is 3.75. The first-order chi connectivity index (χ1) is 10.2. The van der Waals surface area contributed by atoms with Gasteiger partial charge in [-0.3, -0.25) is 4.79 Å². The summed E-state index contributed by atoms with van der Waals surface area (Å²) in [5.41, 5.74) is 2.18. The molecule has 0 radical (unpaired) electrons. The number of aromatic nitrogens is 3. The number of fused-ring (bicyclic) bond motifs is 1. The van der Waals surface area contributed by atoms with E-state index in [1.165, 1.54) is 5.56 Å².